The number of benzene rings is 1. The fourth-order valence-corrected chi connectivity index (χ4v) is 3.01. The van der Waals surface area contributed by atoms with Crippen molar-refractivity contribution in [3.63, 3.8) is 0 Å². The number of amides is 1. The van der Waals surface area contributed by atoms with E-state index in [0.29, 0.717) is 32.5 Å². The van der Waals surface area contributed by atoms with Gasteiger partial charge in [0.1, 0.15) is 6.61 Å². The molecule has 0 bridgehead atoms. The van der Waals surface area contributed by atoms with Crippen molar-refractivity contribution >= 4 is 12.1 Å². The number of nitrogens with zero attached hydrogens (tertiary/aromatic N) is 1. The lowest BCUT2D eigenvalue weighted by Crippen LogP contribution is -2.56. The lowest BCUT2D eigenvalue weighted by atomic mass is 9.91. The normalized spacial score (nSPS) is 23.0. The van der Waals surface area contributed by atoms with Crippen LogP contribution in [-0.4, -0.2) is 60.1 Å². The van der Waals surface area contributed by atoms with Gasteiger partial charge in [-0.2, -0.15) is 0 Å². The van der Waals surface area contributed by atoms with Crippen LogP contribution in [-0.2, 0) is 25.6 Å². The highest BCUT2D eigenvalue weighted by atomic mass is 16.6. The van der Waals surface area contributed by atoms with E-state index in [1.54, 1.807) is 4.90 Å². The summed E-state index contributed by atoms with van der Waals surface area (Å²) in [5, 5.41) is 9.08. The van der Waals surface area contributed by atoms with Crippen LogP contribution in [0.3, 0.4) is 0 Å². The molecule has 7 heteroatoms. The number of carbonyl (C=O) groups excluding carboxylic acids is 1. The van der Waals surface area contributed by atoms with Crippen molar-refractivity contribution in [2.45, 2.75) is 31.2 Å². The van der Waals surface area contributed by atoms with Gasteiger partial charge in [0, 0.05) is 13.1 Å². The monoisotopic (exact) mass is 335 g/mol. The molecule has 7 nitrogen and oxygen atoms in total. The second-order valence-electron chi connectivity index (χ2n) is 6.17. The summed E-state index contributed by atoms with van der Waals surface area (Å²) < 4.78 is 16.5. The molecule has 3 rings (SSSR count). The first-order chi connectivity index (χ1) is 11.6. The van der Waals surface area contributed by atoms with Crippen LogP contribution in [0, 0.1) is 0 Å². The highest BCUT2D eigenvalue weighted by Gasteiger charge is 2.43. The van der Waals surface area contributed by atoms with Crippen molar-refractivity contribution in [1.82, 2.24) is 4.90 Å². The number of carbonyl (C=O) groups is 2. The minimum Gasteiger partial charge on any atom is -0.479 e. The Morgan fingerprint density at radius 2 is 1.96 bits per heavy atom. The molecule has 1 unspecified atom stereocenters. The summed E-state index contributed by atoms with van der Waals surface area (Å²) in [5.74, 6) is -1.02. The van der Waals surface area contributed by atoms with Gasteiger partial charge >= 0.3 is 12.1 Å². The molecule has 0 saturated carbocycles. The van der Waals surface area contributed by atoms with E-state index in [0.717, 1.165) is 5.56 Å². The Morgan fingerprint density at radius 3 is 2.62 bits per heavy atom. The Kier molecular flexibility index (Phi) is 5.01. The van der Waals surface area contributed by atoms with E-state index >= 15 is 0 Å². The summed E-state index contributed by atoms with van der Waals surface area (Å²) >= 11 is 0. The first kappa shape index (κ1) is 16.7. The number of hydrogen-bond donors (Lipinski definition) is 1. The summed E-state index contributed by atoms with van der Waals surface area (Å²) in [4.78, 5) is 24.9. The van der Waals surface area contributed by atoms with Crippen molar-refractivity contribution in [1.29, 1.82) is 0 Å². The average Bonchev–Trinajstić information content (AvgIpc) is 2.61. The summed E-state index contributed by atoms with van der Waals surface area (Å²) in [7, 11) is 0. The standard InChI is InChI=1S/C17H21NO6/c19-15(20)14-11-22-12-17(24-14)6-8-18(9-7-17)16(21)23-10-13-4-2-1-3-5-13/h1-5,14H,6-12H2,(H,19,20). The van der Waals surface area contributed by atoms with Gasteiger partial charge in [-0.1, -0.05) is 30.3 Å². The zero-order valence-electron chi connectivity index (χ0n) is 13.3. The van der Waals surface area contributed by atoms with Crippen LogP contribution in [0.15, 0.2) is 30.3 Å². The van der Waals surface area contributed by atoms with Crippen molar-refractivity contribution in [3.8, 4) is 0 Å². The zero-order chi connectivity index (χ0) is 17.0. The quantitative estimate of drug-likeness (QED) is 0.904. The summed E-state index contributed by atoms with van der Waals surface area (Å²) in [6.45, 7) is 1.60. The van der Waals surface area contributed by atoms with Crippen LogP contribution in [0.1, 0.15) is 18.4 Å². The number of likely N-dealkylation sites (tertiary alicyclic amines) is 1. The number of aliphatic carboxylic acids is 1. The van der Waals surface area contributed by atoms with E-state index in [-0.39, 0.29) is 19.3 Å². The Labute approximate surface area is 140 Å². The second kappa shape index (κ2) is 7.19. The smallest absolute Gasteiger partial charge is 0.410 e. The molecule has 2 aliphatic heterocycles. The number of ether oxygens (including phenoxy) is 3. The van der Waals surface area contributed by atoms with Gasteiger partial charge in [-0.3, -0.25) is 0 Å². The van der Waals surface area contributed by atoms with Crippen molar-refractivity contribution in [3.05, 3.63) is 35.9 Å². The third-order valence-electron chi connectivity index (χ3n) is 4.44. The molecule has 1 aromatic rings. The van der Waals surface area contributed by atoms with Crippen molar-refractivity contribution in [2.24, 2.45) is 0 Å². The molecular weight excluding hydrogens is 314 g/mol. The SMILES string of the molecule is O=C(O)C1COCC2(CCN(C(=O)OCc3ccccc3)CC2)O1. The molecule has 0 aliphatic carbocycles. The molecule has 0 radical (unpaired) electrons. The van der Waals surface area contributed by atoms with Crippen LogP contribution < -0.4 is 0 Å². The summed E-state index contributed by atoms with van der Waals surface area (Å²) in [6, 6.07) is 9.50. The van der Waals surface area contributed by atoms with Gasteiger partial charge in [-0.15, -0.1) is 0 Å². The van der Waals surface area contributed by atoms with Crippen molar-refractivity contribution < 1.29 is 28.9 Å². The first-order valence-corrected chi connectivity index (χ1v) is 8.02. The molecule has 1 amide bonds. The lowest BCUT2D eigenvalue weighted by molar-refractivity contribution is -0.221. The number of hydrogen-bond acceptors (Lipinski definition) is 5. The van der Waals surface area contributed by atoms with Gasteiger partial charge in [0.15, 0.2) is 6.10 Å². The van der Waals surface area contributed by atoms with Crippen LogP contribution in [0.5, 0.6) is 0 Å². The van der Waals surface area contributed by atoms with E-state index < -0.39 is 17.7 Å². The Bertz CT molecular complexity index is 582. The Morgan fingerprint density at radius 1 is 1.25 bits per heavy atom. The molecule has 0 aromatic heterocycles. The fraction of sp³-hybridized carbons (Fsp3) is 0.529. The maximum Gasteiger partial charge on any atom is 0.410 e. The number of carboxylic acid groups (broad SMARTS) is 1. The minimum atomic E-state index is -1.02. The molecule has 2 saturated heterocycles. The molecule has 130 valence electrons. The van der Waals surface area contributed by atoms with E-state index in [2.05, 4.69) is 0 Å². The molecule has 1 atom stereocenters. The van der Waals surface area contributed by atoms with Gasteiger partial charge in [-0.05, 0) is 18.4 Å². The fourth-order valence-electron chi connectivity index (χ4n) is 3.01. The van der Waals surface area contributed by atoms with Gasteiger partial charge in [0.05, 0.1) is 18.8 Å². The van der Waals surface area contributed by atoms with Crippen LogP contribution in [0.4, 0.5) is 4.79 Å². The maximum atomic E-state index is 12.2. The number of piperidine rings is 1. The van der Waals surface area contributed by atoms with Crippen molar-refractivity contribution in [2.75, 3.05) is 26.3 Å². The third kappa shape index (κ3) is 3.85. The maximum absolute atomic E-state index is 12.2. The topological polar surface area (TPSA) is 85.3 Å². The number of carboxylic acids is 1. The summed E-state index contributed by atoms with van der Waals surface area (Å²) in [6.07, 6.45) is -0.218. The minimum absolute atomic E-state index is 0.0694. The van der Waals surface area contributed by atoms with Crippen LogP contribution in [0.2, 0.25) is 0 Å². The number of rotatable bonds is 3. The third-order valence-corrected chi connectivity index (χ3v) is 4.44. The molecular formula is C17H21NO6. The van der Waals surface area contributed by atoms with Crippen LogP contribution >= 0.6 is 0 Å². The largest absolute Gasteiger partial charge is 0.479 e. The second-order valence-corrected chi connectivity index (χ2v) is 6.17. The first-order valence-electron chi connectivity index (χ1n) is 8.02. The van der Waals surface area contributed by atoms with E-state index in [4.69, 9.17) is 19.3 Å². The molecule has 1 aromatic carbocycles. The van der Waals surface area contributed by atoms with Gasteiger partial charge in [-0.25, -0.2) is 9.59 Å². The molecule has 2 aliphatic rings. The zero-order valence-corrected chi connectivity index (χ0v) is 13.3. The molecule has 2 heterocycles. The lowest BCUT2D eigenvalue weighted by Gasteiger charge is -2.44. The molecule has 1 N–H and O–H groups in total. The molecule has 24 heavy (non-hydrogen) atoms. The highest BCUT2D eigenvalue weighted by molar-refractivity contribution is 5.72. The Hall–Kier alpha value is -2.12. The Balaban J connectivity index is 1.49. The molecule has 2 fully saturated rings. The van der Waals surface area contributed by atoms with Gasteiger partial charge < -0.3 is 24.2 Å². The highest BCUT2D eigenvalue weighted by Crippen LogP contribution is 2.31. The van der Waals surface area contributed by atoms with E-state index in [1.165, 1.54) is 0 Å². The molecule has 1 spiro atoms. The van der Waals surface area contributed by atoms with E-state index in [1.807, 2.05) is 30.3 Å². The van der Waals surface area contributed by atoms with Gasteiger partial charge in [0.2, 0.25) is 0 Å². The van der Waals surface area contributed by atoms with Gasteiger partial charge in [0.25, 0.3) is 0 Å². The van der Waals surface area contributed by atoms with E-state index in [9.17, 15) is 9.59 Å². The average molecular weight is 335 g/mol. The predicted molar refractivity (Wildman–Crippen MR) is 83.5 cm³/mol. The summed E-state index contributed by atoms with van der Waals surface area (Å²) in [5.41, 5.74) is 0.324. The predicted octanol–water partition coefficient (Wildman–Crippen LogP) is 1.66. The van der Waals surface area contributed by atoms with Crippen LogP contribution in [0.25, 0.3) is 0 Å².